The number of benzene rings is 1. The van der Waals surface area contributed by atoms with Crippen LogP contribution < -0.4 is 10.2 Å². The number of fused-ring (bicyclic) bond motifs is 1. The molecule has 10 nitrogen and oxygen atoms in total. The van der Waals surface area contributed by atoms with Gasteiger partial charge in [-0.25, -0.2) is 0 Å². The first-order valence-corrected chi connectivity index (χ1v) is 8.65. The molecule has 3 rings (SSSR count). The first-order valence-electron chi connectivity index (χ1n) is 8.65. The third-order valence-corrected chi connectivity index (χ3v) is 4.59. The minimum absolute atomic E-state index is 0.193. The molecule has 1 fully saturated rings. The molecule has 0 bridgehead atoms. The Bertz CT molecular complexity index is 919. The van der Waals surface area contributed by atoms with E-state index in [1.54, 1.807) is 13.8 Å². The fraction of sp³-hybridized carbons (Fsp3) is 0.500. The highest BCUT2D eigenvalue weighted by Gasteiger charge is 2.45. The quantitative estimate of drug-likeness (QED) is 0.395. The third kappa shape index (κ3) is 3.40. The van der Waals surface area contributed by atoms with Gasteiger partial charge >= 0.3 is 0 Å². The molecule has 0 aliphatic carbocycles. The normalized spacial score (nSPS) is 28.0. The molecule has 1 saturated heterocycles. The SMILES string of the molecule is CC(C)c1cc(=O)c2c(O)cc(O)c(O[C@@H]3O[C@H](CO)[C@@H](O)[C@H](O)[C@H]3O)c2o1. The molecule has 0 unspecified atom stereocenters. The maximum absolute atomic E-state index is 12.4. The average Bonchev–Trinajstić information content (AvgIpc) is 2.64. The van der Waals surface area contributed by atoms with Crippen LogP contribution in [0, 0.1) is 0 Å². The van der Waals surface area contributed by atoms with Gasteiger partial charge in [0.2, 0.25) is 12.0 Å². The van der Waals surface area contributed by atoms with Crippen molar-refractivity contribution in [2.45, 2.75) is 50.5 Å². The average molecular weight is 398 g/mol. The van der Waals surface area contributed by atoms with E-state index >= 15 is 0 Å². The van der Waals surface area contributed by atoms with E-state index in [1.165, 1.54) is 6.07 Å². The first-order chi connectivity index (χ1) is 13.1. The van der Waals surface area contributed by atoms with Crippen molar-refractivity contribution in [1.29, 1.82) is 0 Å². The van der Waals surface area contributed by atoms with Gasteiger partial charge in [0, 0.05) is 18.1 Å². The highest BCUT2D eigenvalue weighted by Crippen LogP contribution is 2.41. The van der Waals surface area contributed by atoms with Gasteiger partial charge in [-0.2, -0.15) is 0 Å². The van der Waals surface area contributed by atoms with E-state index in [1.807, 2.05) is 0 Å². The Labute approximate surface area is 158 Å². The Morgan fingerprint density at radius 3 is 2.36 bits per heavy atom. The van der Waals surface area contributed by atoms with Crippen LogP contribution in [0.5, 0.6) is 17.2 Å². The molecule has 6 N–H and O–H groups in total. The number of hydrogen-bond acceptors (Lipinski definition) is 10. The summed E-state index contributed by atoms with van der Waals surface area (Å²) in [6.45, 7) is 2.87. The van der Waals surface area contributed by atoms with Crippen molar-refractivity contribution in [3.63, 3.8) is 0 Å². The predicted octanol–water partition coefficient (Wildman–Crippen LogP) is -0.494. The summed E-state index contributed by atoms with van der Waals surface area (Å²) in [5.41, 5.74) is -0.841. The Morgan fingerprint density at radius 2 is 1.75 bits per heavy atom. The molecule has 1 aromatic carbocycles. The van der Waals surface area contributed by atoms with Crippen molar-refractivity contribution in [3.8, 4) is 17.2 Å². The Balaban J connectivity index is 2.11. The van der Waals surface area contributed by atoms with Gasteiger partial charge in [-0.3, -0.25) is 4.79 Å². The van der Waals surface area contributed by atoms with Crippen LogP contribution in [0.4, 0.5) is 0 Å². The highest BCUT2D eigenvalue weighted by molar-refractivity contribution is 5.90. The highest BCUT2D eigenvalue weighted by atomic mass is 16.7. The van der Waals surface area contributed by atoms with Gasteiger partial charge in [-0.1, -0.05) is 13.8 Å². The van der Waals surface area contributed by atoms with Gasteiger partial charge in [0.1, 0.15) is 41.3 Å². The Hall–Kier alpha value is -2.37. The van der Waals surface area contributed by atoms with Crippen molar-refractivity contribution >= 4 is 11.0 Å². The lowest BCUT2D eigenvalue weighted by Crippen LogP contribution is -2.60. The molecule has 0 radical (unpaired) electrons. The Kier molecular flexibility index (Phi) is 5.50. The van der Waals surface area contributed by atoms with Crippen molar-refractivity contribution in [2.24, 2.45) is 0 Å². The monoisotopic (exact) mass is 398 g/mol. The smallest absolute Gasteiger partial charge is 0.229 e. The van der Waals surface area contributed by atoms with Crippen LogP contribution >= 0.6 is 0 Å². The summed E-state index contributed by atoms with van der Waals surface area (Å²) in [5, 5.41) is 59.1. The molecule has 154 valence electrons. The van der Waals surface area contributed by atoms with Crippen LogP contribution in [0.2, 0.25) is 0 Å². The van der Waals surface area contributed by atoms with Gasteiger partial charge in [0.15, 0.2) is 16.8 Å². The van der Waals surface area contributed by atoms with Gasteiger partial charge in [-0.15, -0.1) is 0 Å². The maximum Gasteiger partial charge on any atom is 0.229 e. The fourth-order valence-corrected chi connectivity index (χ4v) is 2.98. The molecule has 0 spiro atoms. The minimum Gasteiger partial charge on any atom is -0.507 e. The van der Waals surface area contributed by atoms with E-state index in [0.717, 1.165) is 6.07 Å². The fourth-order valence-electron chi connectivity index (χ4n) is 2.98. The lowest BCUT2D eigenvalue weighted by Gasteiger charge is -2.39. The molecule has 1 aromatic heterocycles. The van der Waals surface area contributed by atoms with E-state index in [2.05, 4.69) is 0 Å². The molecule has 1 aliphatic heterocycles. The summed E-state index contributed by atoms with van der Waals surface area (Å²) in [6.07, 6.45) is -7.86. The molecule has 5 atom stereocenters. The zero-order valence-electron chi connectivity index (χ0n) is 15.1. The van der Waals surface area contributed by atoms with Gasteiger partial charge in [0.05, 0.1) is 6.61 Å². The molecule has 28 heavy (non-hydrogen) atoms. The van der Waals surface area contributed by atoms with Crippen molar-refractivity contribution in [2.75, 3.05) is 6.61 Å². The summed E-state index contributed by atoms with van der Waals surface area (Å²) >= 11 is 0. The number of hydrogen-bond donors (Lipinski definition) is 6. The van der Waals surface area contributed by atoms with Crippen LogP contribution in [0.1, 0.15) is 25.5 Å². The number of phenolic OH excluding ortho intramolecular Hbond substituents is 2. The second-order valence-electron chi connectivity index (χ2n) is 6.93. The molecule has 2 heterocycles. The molecule has 2 aromatic rings. The summed E-state index contributed by atoms with van der Waals surface area (Å²) < 4.78 is 16.3. The molecular weight excluding hydrogens is 376 g/mol. The number of phenols is 2. The second kappa shape index (κ2) is 7.57. The summed E-state index contributed by atoms with van der Waals surface area (Å²) in [5.74, 6) is -1.47. The number of ether oxygens (including phenoxy) is 2. The number of rotatable bonds is 4. The maximum atomic E-state index is 12.4. The molecule has 0 saturated carbocycles. The minimum atomic E-state index is -1.74. The second-order valence-corrected chi connectivity index (χ2v) is 6.93. The van der Waals surface area contributed by atoms with Crippen LogP contribution in [-0.2, 0) is 4.74 Å². The number of aliphatic hydroxyl groups is 4. The molecular formula is C18H22O10. The van der Waals surface area contributed by atoms with E-state index in [4.69, 9.17) is 13.9 Å². The third-order valence-electron chi connectivity index (χ3n) is 4.59. The molecule has 1 aliphatic rings. The van der Waals surface area contributed by atoms with Gasteiger partial charge in [-0.05, 0) is 0 Å². The van der Waals surface area contributed by atoms with Crippen LogP contribution in [0.15, 0.2) is 21.3 Å². The van der Waals surface area contributed by atoms with Gasteiger partial charge in [0.25, 0.3) is 0 Å². The molecule has 10 heteroatoms. The zero-order valence-corrected chi connectivity index (χ0v) is 15.1. The largest absolute Gasteiger partial charge is 0.507 e. The number of aliphatic hydroxyl groups excluding tert-OH is 4. The van der Waals surface area contributed by atoms with Crippen molar-refractivity contribution in [1.82, 2.24) is 0 Å². The standard InChI is InChI=1S/C18H22O10/c1-6(2)10-4-8(21)12-7(20)3-9(22)16(17(12)26-10)28-18-15(25)14(24)13(23)11(5-19)27-18/h3-4,6,11,13-15,18-20,22-25H,5H2,1-2H3/t11-,13-,14+,15-,18+/m1/s1. The topological polar surface area (TPSA) is 170 Å². The van der Waals surface area contributed by atoms with E-state index < -0.39 is 60.0 Å². The lowest BCUT2D eigenvalue weighted by atomic mass is 9.99. The van der Waals surface area contributed by atoms with Crippen LogP contribution in [-0.4, -0.2) is 68.0 Å². The van der Waals surface area contributed by atoms with E-state index in [0.29, 0.717) is 0 Å². The van der Waals surface area contributed by atoms with Crippen molar-refractivity contribution < 1.29 is 44.5 Å². The van der Waals surface area contributed by atoms with E-state index in [9.17, 15) is 35.4 Å². The van der Waals surface area contributed by atoms with Crippen LogP contribution in [0.3, 0.4) is 0 Å². The summed E-state index contributed by atoms with van der Waals surface area (Å²) in [4.78, 5) is 12.4. The Morgan fingerprint density at radius 1 is 1.07 bits per heavy atom. The van der Waals surface area contributed by atoms with Crippen molar-refractivity contribution in [3.05, 3.63) is 28.1 Å². The zero-order chi connectivity index (χ0) is 20.7. The summed E-state index contributed by atoms with van der Waals surface area (Å²) in [7, 11) is 0. The number of aromatic hydroxyl groups is 2. The first kappa shape index (κ1) is 20.4. The van der Waals surface area contributed by atoms with Crippen LogP contribution in [0.25, 0.3) is 11.0 Å². The van der Waals surface area contributed by atoms with E-state index in [-0.39, 0.29) is 22.6 Å². The summed E-state index contributed by atoms with van der Waals surface area (Å²) in [6, 6.07) is 2.08. The molecule has 0 amide bonds. The lowest BCUT2D eigenvalue weighted by molar-refractivity contribution is -0.277. The van der Waals surface area contributed by atoms with Gasteiger partial charge < -0.3 is 44.5 Å². The predicted molar refractivity (Wildman–Crippen MR) is 94.3 cm³/mol.